The highest BCUT2D eigenvalue weighted by Crippen LogP contribution is 2.56. The molecule has 106 valence electrons. The van der Waals surface area contributed by atoms with E-state index in [4.69, 9.17) is 4.74 Å². The molecule has 0 atom stereocenters. The lowest BCUT2D eigenvalue weighted by molar-refractivity contribution is 0.121. The van der Waals surface area contributed by atoms with Crippen molar-refractivity contribution in [1.82, 2.24) is 5.32 Å². The number of nitrogens with one attached hydrogen (secondary N) is 1. The molecule has 0 radical (unpaired) electrons. The molecule has 2 heteroatoms. The summed E-state index contributed by atoms with van der Waals surface area (Å²) in [6.07, 6.45) is 10.8. The molecule has 0 heterocycles. The van der Waals surface area contributed by atoms with Gasteiger partial charge in [-0.05, 0) is 69.6 Å². The zero-order valence-corrected chi connectivity index (χ0v) is 12.5. The lowest BCUT2D eigenvalue weighted by Crippen LogP contribution is -2.39. The summed E-state index contributed by atoms with van der Waals surface area (Å²) in [5.74, 6) is 0. The summed E-state index contributed by atoms with van der Waals surface area (Å²) in [5.41, 5.74) is 7.17. The van der Waals surface area contributed by atoms with Gasteiger partial charge in [0.15, 0.2) is 0 Å². The second-order valence-electron chi connectivity index (χ2n) is 6.37. The van der Waals surface area contributed by atoms with Crippen LogP contribution in [0.5, 0.6) is 0 Å². The fourth-order valence-electron chi connectivity index (χ4n) is 4.70. The standard InChI is InChI=1S/C17H27NO/c1-18-11-17(12-19-2)15-9-5-3-7-13(15)14-8-4-6-10-16(14)17/h18H,3-12H2,1-2H3. The molecule has 0 amide bonds. The fourth-order valence-corrected chi connectivity index (χ4v) is 4.70. The van der Waals surface area contributed by atoms with Gasteiger partial charge in [0, 0.05) is 19.1 Å². The van der Waals surface area contributed by atoms with Crippen molar-refractivity contribution in [2.45, 2.75) is 51.4 Å². The van der Waals surface area contributed by atoms with E-state index in [0.717, 1.165) is 13.2 Å². The maximum atomic E-state index is 5.67. The van der Waals surface area contributed by atoms with Crippen LogP contribution in [0.4, 0.5) is 0 Å². The van der Waals surface area contributed by atoms with E-state index >= 15 is 0 Å². The molecule has 0 saturated carbocycles. The van der Waals surface area contributed by atoms with E-state index in [-0.39, 0.29) is 5.41 Å². The third kappa shape index (κ3) is 2.00. The predicted molar refractivity (Wildman–Crippen MR) is 79.2 cm³/mol. The molecule has 3 aliphatic rings. The maximum Gasteiger partial charge on any atom is 0.0606 e. The third-order valence-electron chi connectivity index (χ3n) is 5.32. The average Bonchev–Trinajstić information content (AvgIpc) is 2.72. The lowest BCUT2D eigenvalue weighted by atomic mass is 9.71. The Hall–Kier alpha value is -0.600. The Morgan fingerprint density at radius 3 is 1.95 bits per heavy atom. The molecule has 0 aliphatic heterocycles. The Morgan fingerprint density at radius 1 is 0.947 bits per heavy atom. The van der Waals surface area contributed by atoms with E-state index in [1.807, 2.05) is 7.11 Å². The minimum Gasteiger partial charge on any atom is -0.383 e. The zero-order chi connectivity index (χ0) is 13.3. The largest absolute Gasteiger partial charge is 0.383 e. The van der Waals surface area contributed by atoms with Crippen LogP contribution in [-0.2, 0) is 4.74 Å². The predicted octanol–water partition coefficient (Wildman–Crippen LogP) is 3.59. The van der Waals surface area contributed by atoms with Crippen molar-refractivity contribution in [3.8, 4) is 0 Å². The van der Waals surface area contributed by atoms with E-state index < -0.39 is 0 Å². The summed E-state index contributed by atoms with van der Waals surface area (Å²) < 4.78 is 5.67. The summed E-state index contributed by atoms with van der Waals surface area (Å²) in [5, 5.41) is 3.45. The number of ether oxygens (including phenoxy) is 1. The van der Waals surface area contributed by atoms with Crippen molar-refractivity contribution >= 4 is 0 Å². The molecule has 3 aliphatic carbocycles. The van der Waals surface area contributed by atoms with Gasteiger partial charge in [-0.25, -0.2) is 0 Å². The van der Waals surface area contributed by atoms with Crippen LogP contribution >= 0.6 is 0 Å². The van der Waals surface area contributed by atoms with Crippen LogP contribution in [0.1, 0.15) is 51.4 Å². The van der Waals surface area contributed by atoms with E-state index in [9.17, 15) is 0 Å². The molecular formula is C17H27NO. The second kappa shape index (κ2) is 5.41. The quantitative estimate of drug-likeness (QED) is 0.835. The van der Waals surface area contributed by atoms with E-state index in [0.29, 0.717) is 0 Å². The number of rotatable bonds is 4. The summed E-state index contributed by atoms with van der Waals surface area (Å²) >= 11 is 0. The second-order valence-corrected chi connectivity index (χ2v) is 6.37. The van der Waals surface area contributed by atoms with Gasteiger partial charge in [0.05, 0.1) is 6.61 Å². The fraction of sp³-hybridized carbons (Fsp3) is 0.765. The Morgan fingerprint density at radius 2 is 1.47 bits per heavy atom. The van der Waals surface area contributed by atoms with Crippen LogP contribution in [0, 0.1) is 5.41 Å². The van der Waals surface area contributed by atoms with Crippen LogP contribution in [0.2, 0.25) is 0 Å². The van der Waals surface area contributed by atoms with Crippen molar-refractivity contribution in [3.63, 3.8) is 0 Å². The number of fused-ring (bicyclic) bond motifs is 1. The molecular weight excluding hydrogens is 234 g/mol. The molecule has 1 N–H and O–H groups in total. The van der Waals surface area contributed by atoms with Gasteiger partial charge in [-0.15, -0.1) is 0 Å². The number of hydrogen-bond donors (Lipinski definition) is 1. The van der Waals surface area contributed by atoms with E-state index in [2.05, 4.69) is 12.4 Å². The highest BCUT2D eigenvalue weighted by Gasteiger charge is 2.46. The number of hydrogen-bond acceptors (Lipinski definition) is 2. The Kier molecular flexibility index (Phi) is 3.81. The van der Waals surface area contributed by atoms with E-state index in [1.54, 1.807) is 22.3 Å². The number of allylic oxidation sites excluding steroid dienone is 2. The smallest absolute Gasteiger partial charge is 0.0606 e. The normalized spacial score (nSPS) is 25.6. The highest BCUT2D eigenvalue weighted by molar-refractivity contribution is 5.55. The van der Waals surface area contributed by atoms with Crippen molar-refractivity contribution in [1.29, 1.82) is 0 Å². The summed E-state index contributed by atoms with van der Waals surface area (Å²) in [7, 11) is 3.95. The molecule has 0 fully saturated rings. The highest BCUT2D eigenvalue weighted by atomic mass is 16.5. The van der Waals surface area contributed by atoms with Gasteiger partial charge in [-0.1, -0.05) is 11.1 Å². The molecule has 0 bridgehead atoms. The zero-order valence-electron chi connectivity index (χ0n) is 12.5. The number of methoxy groups -OCH3 is 1. The van der Waals surface area contributed by atoms with Gasteiger partial charge in [0.2, 0.25) is 0 Å². The molecule has 3 rings (SSSR count). The van der Waals surface area contributed by atoms with Gasteiger partial charge >= 0.3 is 0 Å². The molecule has 0 aromatic heterocycles. The molecule has 0 aromatic carbocycles. The molecule has 0 aromatic rings. The van der Waals surface area contributed by atoms with Crippen molar-refractivity contribution < 1.29 is 4.74 Å². The van der Waals surface area contributed by atoms with E-state index in [1.165, 1.54) is 51.4 Å². The van der Waals surface area contributed by atoms with Crippen LogP contribution in [0.3, 0.4) is 0 Å². The van der Waals surface area contributed by atoms with Crippen LogP contribution < -0.4 is 5.32 Å². The first-order chi connectivity index (χ1) is 9.33. The monoisotopic (exact) mass is 261 g/mol. The molecule has 0 spiro atoms. The van der Waals surface area contributed by atoms with Crippen LogP contribution in [-0.4, -0.2) is 27.3 Å². The first kappa shape index (κ1) is 13.4. The molecule has 2 nitrogen and oxygen atoms in total. The van der Waals surface area contributed by atoms with Gasteiger partial charge in [-0.2, -0.15) is 0 Å². The molecule has 0 saturated heterocycles. The van der Waals surface area contributed by atoms with Crippen LogP contribution in [0.15, 0.2) is 22.3 Å². The summed E-state index contributed by atoms with van der Waals surface area (Å²) in [4.78, 5) is 0. The van der Waals surface area contributed by atoms with Gasteiger partial charge in [0.1, 0.15) is 0 Å². The van der Waals surface area contributed by atoms with Crippen molar-refractivity contribution in [2.24, 2.45) is 5.41 Å². The van der Waals surface area contributed by atoms with Gasteiger partial charge in [-0.3, -0.25) is 0 Å². The first-order valence-electron chi connectivity index (χ1n) is 7.92. The van der Waals surface area contributed by atoms with Crippen molar-refractivity contribution in [2.75, 3.05) is 27.3 Å². The Labute approximate surface area is 117 Å². The summed E-state index contributed by atoms with van der Waals surface area (Å²) in [6, 6.07) is 0. The Balaban J connectivity index is 2.08. The van der Waals surface area contributed by atoms with Crippen molar-refractivity contribution in [3.05, 3.63) is 22.3 Å². The molecule has 19 heavy (non-hydrogen) atoms. The Bertz CT molecular complexity index is 379. The SMILES string of the molecule is CNCC1(COC)C2=C(CCCC2)C2=C1CCCC2. The topological polar surface area (TPSA) is 21.3 Å². The lowest BCUT2D eigenvalue weighted by Gasteiger charge is -2.37. The molecule has 0 unspecified atom stereocenters. The average molecular weight is 261 g/mol. The van der Waals surface area contributed by atoms with Crippen LogP contribution in [0.25, 0.3) is 0 Å². The minimum atomic E-state index is 0.203. The third-order valence-corrected chi connectivity index (χ3v) is 5.32. The maximum absolute atomic E-state index is 5.67. The first-order valence-corrected chi connectivity index (χ1v) is 7.92. The van der Waals surface area contributed by atoms with Gasteiger partial charge < -0.3 is 10.1 Å². The minimum absolute atomic E-state index is 0.203. The summed E-state index contributed by atoms with van der Waals surface area (Å²) in [6.45, 7) is 1.92. The van der Waals surface area contributed by atoms with Gasteiger partial charge in [0.25, 0.3) is 0 Å².